The van der Waals surface area contributed by atoms with Gasteiger partial charge in [0.05, 0.1) is 12.7 Å². The van der Waals surface area contributed by atoms with Crippen LogP contribution >= 0.6 is 0 Å². The van der Waals surface area contributed by atoms with Gasteiger partial charge in [-0.2, -0.15) is 4.98 Å². The van der Waals surface area contributed by atoms with Crippen molar-refractivity contribution in [2.24, 2.45) is 0 Å². The first-order valence-corrected chi connectivity index (χ1v) is 5.11. The molecule has 1 aromatic rings. The number of nitrogens with one attached hydrogen (secondary N) is 1. The molecule has 2 rings (SSSR count). The average Bonchev–Trinajstić information content (AvgIpc) is 2.79. The lowest BCUT2D eigenvalue weighted by atomic mass is 10.2. The summed E-state index contributed by atoms with van der Waals surface area (Å²) < 4.78 is 15.3. The van der Waals surface area contributed by atoms with Crippen molar-refractivity contribution in [3.8, 4) is 0 Å². The standard InChI is InChI=1S/C9H15N3O3/c1(9-11-6-12-15-9)3-10-5-8-2-4-13-7-14-8/h6,8,10H,1-5,7H2. The highest BCUT2D eigenvalue weighted by Crippen LogP contribution is 2.04. The fourth-order valence-electron chi connectivity index (χ4n) is 1.43. The second-order valence-corrected chi connectivity index (χ2v) is 3.39. The van der Waals surface area contributed by atoms with Gasteiger partial charge in [0, 0.05) is 19.5 Å². The molecule has 1 unspecified atom stereocenters. The van der Waals surface area contributed by atoms with Gasteiger partial charge in [-0.3, -0.25) is 0 Å². The van der Waals surface area contributed by atoms with Crippen LogP contribution in [0.5, 0.6) is 0 Å². The van der Waals surface area contributed by atoms with E-state index in [-0.39, 0.29) is 6.10 Å². The van der Waals surface area contributed by atoms with Crippen molar-refractivity contribution in [1.82, 2.24) is 15.5 Å². The van der Waals surface area contributed by atoms with E-state index in [0.29, 0.717) is 12.7 Å². The van der Waals surface area contributed by atoms with Crippen LogP contribution in [-0.2, 0) is 15.9 Å². The third-order valence-electron chi connectivity index (χ3n) is 2.27. The Kier molecular flexibility index (Phi) is 4.07. The van der Waals surface area contributed by atoms with Gasteiger partial charge in [0.25, 0.3) is 0 Å². The van der Waals surface area contributed by atoms with Gasteiger partial charge in [-0.15, -0.1) is 0 Å². The summed E-state index contributed by atoms with van der Waals surface area (Å²) in [6.45, 7) is 2.87. The van der Waals surface area contributed by atoms with E-state index in [2.05, 4.69) is 15.5 Å². The Balaban J connectivity index is 1.54. The number of ether oxygens (including phenoxy) is 2. The van der Waals surface area contributed by atoms with Crippen molar-refractivity contribution in [3.05, 3.63) is 12.2 Å². The first-order chi connectivity index (χ1) is 7.45. The normalized spacial score (nSPS) is 21.7. The van der Waals surface area contributed by atoms with Crippen LogP contribution in [0.3, 0.4) is 0 Å². The van der Waals surface area contributed by atoms with Crippen LogP contribution in [-0.4, -0.2) is 42.7 Å². The number of rotatable bonds is 5. The zero-order valence-corrected chi connectivity index (χ0v) is 8.52. The Bertz CT molecular complexity index is 260. The molecule has 1 saturated heterocycles. The molecule has 1 aliphatic heterocycles. The van der Waals surface area contributed by atoms with Crippen LogP contribution in [0.2, 0.25) is 0 Å². The highest BCUT2D eigenvalue weighted by atomic mass is 16.7. The van der Waals surface area contributed by atoms with Crippen LogP contribution in [0.4, 0.5) is 0 Å². The molecule has 1 N–H and O–H groups in total. The molecule has 1 aliphatic rings. The highest BCUT2D eigenvalue weighted by molar-refractivity contribution is 4.75. The molecule has 84 valence electrons. The van der Waals surface area contributed by atoms with Gasteiger partial charge in [0.2, 0.25) is 5.89 Å². The van der Waals surface area contributed by atoms with Crippen molar-refractivity contribution in [2.75, 3.05) is 26.5 Å². The molecule has 0 aromatic carbocycles. The molecule has 6 nitrogen and oxygen atoms in total. The Morgan fingerprint density at radius 1 is 1.53 bits per heavy atom. The lowest BCUT2D eigenvalue weighted by Gasteiger charge is -2.22. The second kappa shape index (κ2) is 5.79. The average molecular weight is 213 g/mol. The van der Waals surface area contributed by atoms with E-state index in [0.717, 1.165) is 32.5 Å². The van der Waals surface area contributed by atoms with Gasteiger partial charge in [-0.05, 0) is 6.42 Å². The minimum absolute atomic E-state index is 0.265. The second-order valence-electron chi connectivity index (χ2n) is 3.39. The Labute approximate surface area is 87.9 Å². The number of aromatic nitrogens is 2. The number of nitrogens with zero attached hydrogens (tertiary/aromatic N) is 2. The molecular weight excluding hydrogens is 198 g/mol. The molecule has 1 atom stereocenters. The molecular formula is C9H15N3O3. The van der Waals surface area contributed by atoms with Crippen LogP contribution in [0.1, 0.15) is 12.3 Å². The zero-order chi connectivity index (χ0) is 10.3. The largest absolute Gasteiger partial charge is 0.355 e. The van der Waals surface area contributed by atoms with E-state index >= 15 is 0 Å². The molecule has 1 aromatic heterocycles. The quantitative estimate of drug-likeness (QED) is 0.692. The molecule has 0 aliphatic carbocycles. The van der Waals surface area contributed by atoms with Gasteiger partial charge in [0.1, 0.15) is 6.79 Å². The Morgan fingerprint density at radius 2 is 2.53 bits per heavy atom. The molecule has 6 heteroatoms. The van der Waals surface area contributed by atoms with Crippen molar-refractivity contribution in [3.63, 3.8) is 0 Å². The summed E-state index contributed by atoms with van der Waals surface area (Å²) in [7, 11) is 0. The summed E-state index contributed by atoms with van der Waals surface area (Å²) in [5, 5.41) is 6.82. The highest BCUT2D eigenvalue weighted by Gasteiger charge is 2.13. The van der Waals surface area contributed by atoms with E-state index in [4.69, 9.17) is 14.0 Å². The molecule has 1 fully saturated rings. The number of hydrogen-bond donors (Lipinski definition) is 1. The van der Waals surface area contributed by atoms with Crippen LogP contribution in [0.15, 0.2) is 10.9 Å². The summed E-state index contributed by atoms with van der Waals surface area (Å²) in [5.41, 5.74) is 0. The fourth-order valence-corrected chi connectivity index (χ4v) is 1.43. The first-order valence-electron chi connectivity index (χ1n) is 5.11. The summed E-state index contributed by atoms with van der Waals surface area (Å²) in [4.78, 5) is 3.93. The molecule has 0 bridgehead atoms. The monoisotopic (exact) mass is 213 g/mol. The van der Waals surface area contributed by atoms with E-state index in [1.54, 1.807) is 0 Å². The van der Waals surface area contributed by atoms with Crippen molar-refractivity contribution in [1.29, 1.82) is 0 Å². The first kappa shape index (κ1) is 10.5. The van der Waals surface area contributed by atoms with E-state index in [9.17, 15) is 0 Å². The maximum atomic E-state index is 5.38. The zero-order valence-electron chi connectivity index (χ0n) is 8.52. The van der Waals surface area contributed by atoms with Crippen molar-refractivity contribution in [2.45, 2.75) is 18.9 Å². The van der Waals surface area contributed by atoms with Crippen LogP contribution in [0, 0.1) is 0 Å². The van der Waals surface area contributed by atoms with E-state index in [1.807, 2.05) is 0 Å². The molecule has 0 radical (unpaired) electrons. The summed E-state index contributed by atoms with van der Waals surface area (Å²) in [5.74, 6) is 0.662. The molecule has 2 heterocycles. The topological polar surface area (TPSA) is 69.4 Å². The van der Waals surface area contributed by atoms with Crippen LogP contribution < -0.4 is 5.32 Å². The number of hydrogen-bond acceptors (Lipinski definition) is 6. The molecule has 0 spiro atoms. The molecule has 15 heavy (non-hydrogen) atoms. The minimum atomic E-state index is 0.265. The van der Waals surface area contributed by atoms with Gasteiger partial charge in [-0.1, -0.05) is 5.16 Å². The third-order valence-corrected chi connectivity index (χ3v) is 2.27. The summed E-state index contributed by atoms with van der Waals surface area (Å²) in [6.07, 6.45) is 3.38. The molecule has 0 saturated carbocycles. The minimum Gasteiger partial charge on any atom is -0.355 e. The maximum absolute atomic E-state index is 5.38. The Hall–Kier alpha value is -0.980. The third kappa shape index (κ3) is 3.58. The van der Waals surface area contributed by atoms with E-state index < -0.39 is 0 Å². The Morgan fingerprint density at radius 3 is 3.27 bits per heavy atom. The summed E-state index contributed by atoms with van der Waals surface area (Å²) in [6, 6.07) is 0. The van der Waals surface area contributed by atoms with E-state index in [1.165, 1.54) is 6.33 Å². The maximum Gasteiger partial charge on any atom is 0.227 e. The molecule has 0 amide bonds. The predicted octanol–water partition coefficient (Wildman–Crippen LogP) is -0.0353. The fraction of sp³-hybridized carbons (Fsp3) is 0.778. The van der Waals surface area contributed by atoms with Gasteiger partial charge in [0.15, 0.2) is 6.33 Å². The lowest BCUT2D eigenvalue weighted by Crippen LogP contribution is -2.34. The van der Waals surface area contributed by atoms with Gasteiger partial charge in [-0.25, -0.2) is 0 Å². The summed E-state index contributed by atoms with van der Waals surface area (Å²) >= 11 is 0. The predicted molar refractivity (Wildman–Crippen MR) is 51.2 cm³/mol. The SMILES string of the molecule is c1noc(CCNCC2CCOCO2)n1. The van der Waals surface area contributed by atoms with Crippen LogP contribution in [0.25, 0.3) is 0 Å². The lowest BCUT2D eigenvalue weighted by molar-refractivity contribution is -0.137. The van der Waals surface area contributed by atoms with Gasteiger partial charge < -0.3 is 19.3 Å². The van der Waals surface area contributed by atoms with Crippen molar-refractivity contribution < 1.29 is 14.0 Å². The smallest absolute Gasteiger partial charge is 0.227 e. The van der Waals surface area contributed by atoms with Crippen molar-refractivity contribution >= 4 is 0 Å². The van der Waals surface area contributed by atoms with Gasteiger partial charge >= 0.3 is 0 Å².